The van der Waals surface area contributed by atoms with E-state index in [0.29, 0.717) is 0 Å². The Balaban J connectivity index is 1.57. The van der Waals surface area contributed by atoms with E-state index >= 15 is 0 Å². The average Bonchev–Trinajstić information content (AvgIpc) is 3.33. The van der Waals surface area contributed by atoms with Crippen molar-refractivity contribution in [2.75, 3.05) is 6.61 Å². The molecule has 24 heavy (non-hydrogen) atoms. The van der Waals surface area contributed by atoms with Crippen LogP contribution < -0.4 is 0 Å². The fraction of sp³-hybridized carbons (Fsp3) is 0.500. The van der Waals surface area contributed by atoms with Gasteiger partial charge in [-0.1, -0.05) is 23.9 Å². The van der Waals surface area contributed by atoms with E-state index in [1.54, 1.807) is 11.8 Å². The zero-order valence-corrected chi connectivity index (χ0v) is 14.6. The summed E-state index contributed by atoms with van der Waals surface area (Å²) in [6, 6.07) is 6.83. The molecule has 1 fully saturated rings. The van der Waals surface area contributed by atoms with Crippen molar-refractivity contribution >= 4 is 17.5 Å². The van der Waals surface area contributed by atoms with Crippen molar-refractivity contribution < 1.29 is 4.74 Å². The Hall–Kier alpha value is -1.66. The molecule has 1 saturated heterocycles. The highest BCUT2D eigenvalue weighted by Gasteiger charge is 2.30. The Morgan fingerprint density at radius 1 is 1.17 bits per heavy atom. The molecular formula is C18H20N4OS. The zero-order chi connectivity index (χ0) is 16.1. The SMILES string of the molecule is CC1Sc2nnc(C3CCCO3)n2N=C1c1ccc2c(c1)CCC2. The lowest BCUT2D eigenvalue weighted by Crippen LogP contribution is -2.23. The highest BCUT2D eigenvalue weighted by Crippen LogP contribution is 2.35. The van der Waals surface area contributed by atoms with Gasteiger partial charge in [0, 0.05) is 6.61 Å². The first-order valence-corrected chi connectivity index (χ1v) is 9.62. The van der Waals surface area contributed by atoms with Crippen LogP contribution in [0.15, 0.2) is 28.5 Å². The van der Waals surface area contributed by atoms with Crippen molar-refractivity contribution in [3.05, 3.63) is 40.7 Å². The van der Waals surface area contributed by atoms with Crippen LogP contribution in [0.1, 0.15) is 54.8 Å². The summed E-state index contributed by atoms with van der Waals surface area (Å²) >= 11 is 1.73. The number of aryl methyl sites for hydroxylation is 2. The number of ether oxygens (including phenoxy) is 1. The lowest BCUT2D eigenvalue weighted by atomic mass is 10.0. The zero-order valence-electron chi connectivity index (χ0n) is 13.7. The largest absolute Gasteiger partial charge is 0.370 e. The molecule has 3 aliphatic rings. The van der Waals surface area contributed by atoms with Gasteiger partial charge in [0.25, 0.3) is 0 Å². The monoisotopic (exact) mass is 340 g/mol. The summed E-state index contributed by atoms with van der Waals surface area (Å²) in [5.74, 6) is 0.848. The standard InChI is InChI=1S/C18H20N4OS/c1-11-16(14-8-7-12-4-2-5-13(12)10-14)21-22-17(15-6-3-9-23-15)19-20-18(22)24-11/h7-8,10-11,15H,2-6,9H2,1H3. The molecule has 0 spiro atoms. The first-order chi connectivity index (χ1) is 11.8. The molecule has 5 rings (SSSR count). The van der Waals surface area contributed by atoms with Crippen LogP contribution in [0.4, 0.5) is 0 Å². The number of aromatic nitrogens is 3. The fourth-order valence-corrected chi connectivity index (χ4v) is 4.79. The van der Waals surface area contributed by atoms with Crippen LogP contribution in [-0.4, -0.2) is 32.4 Å². The molecule has 0 saturated carbocycles. The maximum atomic E-state index is 5.79. The fourth-order valence-electron chi connectivity index (χ4n) is 3.85. The minimum Gasteiger partial charge on any atom is -0.370 e. The summed E-state index contributed by atoms with van der Waals surface area (Å²) in [6.45, 7) is 3.00. The molecule has 2 unspecified atom stereocenters. The molecule has 2 aromatic rings. The van der Waals surface area contributed by atoms with Gasteiger partial charge in [0.05, 0.1) is 11.0 Å². The highest BCUT2D eigenvalue weighted by molar-refractivity contribution is 8.00. The summed E-state index contributed by atoms with van der Waals surface area (Å²) < 4.78 is 7.70. The Labute approximate surface area is 145 Å². The smallest absolute Gasteiger partial charge is 0.212 e. The van der Waals surface area contributed by atoms with Gasteiger partial charge in [-0.3, -0.25) is 0 Å². The van der Waals surface area contributed by atoms with E-state index < -0.39 is 0 Å². The van der Waals surface area contributed by atoms with Crippen LogP contribution in [-0.2, 0) is 17.6 Å². The minimum atomic E-state index is 0.0327. The number of nitrogens with zero attached hydrogens (tertiary/aromatic N) is 4. The Bertz CT molecular complexity index is 822. The molecular weight excluding hydrogens is 320 g/mol. The molecule has 5 nitrogen and oxygen atoms in total. The predicted molar refractivity (Wildman–Crippen MR) is 93.7 cm³/mol. The number of hydrogen-bond acceptors (Lipinski definition) is 5. The second-order valence-corrected chi connectivity index (χ2v) is 8.04. The van der Waals surface area contributed by atoms with Gasteiger partial charge in [-0.25, -0.2) is 0 Å². The molecule has 2 aliphatic heterocycles. The van der Waals surface area contributed by atoms with Gasteiger partial charge in [-0.05, 0) is 61.8 Å². The van der Waals surface area contributed by atoms with E-state index in [9.17, 15) is 0 Å². The van der Waals surface area contributed by atoms with Crippen molar-refractivity contribution in [2.24, 2.45) is 5.10 Å². The van der Waals surface area contributed by atoms with E-state index in [1.165, 1.54) is 36.0 Å². The number of rotatable bonds is 2. The van der Waals surface area contributed by atoms with Gasteiger partial charge in [-0.15, -0.1) is 10.2 Å². The summed E-state index contributed by atoms with van der Waals surface area (Å²) in [4.78, 5) is 0. The molecule has 124 valence electrons. The molecule has 0 bridgehead atoms. The minimum absolute atomic E-state index is 0.0327. The molecule has 3 heterocycles. The number of fused-ring (bicyclic) bond motifs is 2. The van der Waals surface area contributed by atoms with E-state index in [1.807, 2.05) is 4.68 Å². The third-order valence-electron chi connectivity index (χ3n) is 5.12. The van der Waals surface area contributed by atoms with Crippen molar-refractivity contribution in [1.82, 2.24) is 14.9 Å². The van der Waals surface area contributed by atoms with Crippen molar-refractivity contribution in [3.8, 4) is 0 Å². The third-order valence-corrected chi connectivity index (χ3v) is 6.17. The van der Waals surface area contributed by atoms with Crippen LogP contribution in [0.5, 0.6) is 0 Å². The van der Waals surface area contributed by atoms with Gasteiger partial charge in [-0.2, -0.15) is 9.78 Å². The van der Waals surface area contributed by atoms with E-state index in [2.05, 4.69) is 35.3 Å². The summed E-state index contributed by atoms with van der Waals surface area (Å²) in [6.07, 6.45) is 5.79. The molecule has 1 aliphatic carbocycles. The van der Waals surface area contributed by atoms with Crippen molar-refractivity contribution in [2.45, 2.75) is 55.5 Å². The third kappa shape index (κ3) is 2.31. The van der Waals surface area contributed by atoms with Gasteiger partial charge >= 0.3 is 0 Å². The Kier molecular flexibility index (Phi) is 3.49. The maximum Gasteiger partial charge on any atom is 0.212 e. The lowest BCUT2D eigenvalue weighted by molar-refractivity contribution is 0.102. The second-order valence-electron chi connectivity index (χ2n) is 6.74. The molecule has 1 aromatic heterocycles. The number of hydrogen-bond donors (Lipinski definition) is 0. The van der Waals surface area contributed by atoms with Crippen LogP contribution in [0.3, 0.4) is 0 Å². The van der Waals surface area contributed by atoms with Gasteiger partial charge in [0.2, 0.25) is 5.16 Å². The molecule has 0 radical (unpaired) electrons. The number of thioether (sulfide) groups is 1. The average molecular weight is 340 g/mol. The van der Waals surface area contributed by atoms with Gasteiger partial charge < -0.3 is 4.74 Å². The van der Waals surface area contributed by atoms with Crippen molar-refractivity contribution in [1.29, 1.82) is 0 Å². The highest BCUT2D eigenvalue weighted by atomic mass is 32.2. The molecule has 0 N–H and O–H groups in total. The maximum absolute atomic E-state index is 5.79. The van der Waals surface area contributed by atoms with E-state index in [-0.39, 0.29) is 11.4 Å². The van der Waals surface area contributed by atoms with Crippen LogP contribution in [0, 0.1) is 0 Å². The number of benzene rings is 1. The topological polar surface area (TPSA) is 52.3 Å². The normalized spacial score (nSPS) is 25.5. The second kappa shape index (κ2) is 5.70. The molecule has 0 amide bonds. The van der Waals surface area contributed by atoms with Crippen LogP contribution >= 0.6 is 11.8 Å². The van der Waals surface area contributed by atoms with Gasteiger partial charge in [0.1, 0.15) is 6.10 Å². The first kappa shape index (κ1) is 14.7. The Morgan fingerprint density at radius 3 is 2.96 bits per heavy atom. The van der Waals surface area contributed by atoms with Gasteiger partial charge in [0.15, 0.2) is 5.82 Å². The van der Waals surface area contributed by atoms with Crippen LogP contribution in [0.25, 0.3) is 0 Å². The van der Waals surface area contributed by atoms with Crippen LogP contribution in [0.2, 0.25) is 0 Å². The van der Waals surface area contributed by atoms with Crippen molar-refractivity contribution in [3.63, 3.8) is 0 Å². The molecule has 2 atom stereocenters. The quantitative estimate of drug-likeness (QED) is 0.841. The van der Waals surface area contributed by atoms with E-state index in [4.69, 9.17) is 9.84 Å². The molecule has 6 heteroatoms. The van der Waals surface area contributed by atoms with E-state index in [0.717, 1.165) is 36.1 Å². The summed E-state index contributed by atoms with van der Waals surface area (Å²) in [5.41, 5.74) is 5.33. The Morgan fingerprint density at radius 2 is 2.08 bits per heavy atom. The summed E-state index contributed by atoms with van der Waals surface area (Å²) in [7, 11) is 0. The molecule has 1 aromatic carbocycles. The lowest BCUT2D eigenvalue weighted by Gasteiger charge is -2.21. The predicted octanol–water partition coefficient (Wildman–Crippen LogP) is 3.36. The first-order valence-electron chi connectivity index (χ1n) is 8.74. The summed E-state index contributed by atoms with van der Waals surface area (Å²) in [5, 5.41) is 14.8.